The number of carboxylic acid groups (broad SMARTS) is 1. The Balaban J connectivity index is 1.48. The highest BCUT2D eigenvalue weighted by atomic mass is 19.4. The molecule has 0 saturated carbocycles. The average molecular weight is 499 g/mol. The van der Waals surface area contributed by atoms with Gasteiger partial charge in [-0.1, -0.05) is 18.2 Å². The van der Waals surface area contributed by atoms with E-state index in [1.165, 1.54) is 29.6 Å². The van der Waals surface area contributed by atoms with Crippen molar-refractivity contribution in [2.24, 2.45) is 0 Å². The molecular weight excluding hydrogens is 469 g/mol. The summed E-state index contributed by atoms with van der Waals surface area (Å²) in [5.41, 5.74) is 5.62. The minimum Gasteiger partial charge on any atom is -0.478 e. The number of alkyl halides is 3. The van der Waals surface area contributed by atoms with E-state index in [1.54, 1.807) is 12.1 Å². The van der Waals surface area contributed by atoms with Gasteiger partial charge in [0.25, 0.3) is 0 Å². The zero-order chi connectivity index (χ0) is 25.9. The summed E-state index contributed by atoms with van der Waals surface area (Å²) in [6.45, 7) is 1.39. The van der Waals surface area contributed by atoms with Gasteiger partial charge in [-0.25, -0.2) is 4.79 Å². The lowest BCUT2D eigenvalue weighted by atomic mass is 9.92. The first kappa shape index (κ1) is 25.5. The normalized spacial score (nSPS) is 15.9. The van der Waals surface area contributed by atoms with Crippen LogP contribution in [0.3, 0.4) is 0 Å². The van der Waals surface area contributed by atoms with E-state index in [2.05, 4.69) is 34.4 Å². The Labute approximate surface area is 208 Å². The highest BCUT2D eigenvalue weighted by Gasteiger charge is 2.27. The van der Waals surface area contributed by atoms with Gasteiger partial charge in [-0.05, 0) is 66.9 Å². The zero-order valence-electron chi connectivity index (χ0n) is 20.2. The maximum absolute atomic E-state index is 12.5. The predicted octanol–water partition coefficient (Wildman–Crippen LogP) is 5.68. The number of carbonyl (C=O) groups is 1. The lowest BCUT2D eigenvalue weighted by molar-refractivity contribution is -0.134. The summed E-state index contributed by atoms with van der Waals surface area (Å²) in [6, 6.07) is 15.0. The van der Waals surface area contributed by atoms with Crippen LogP contribution in [0.2, 0.25) is 0 Å². The van der Waals surface area contributed by atoms with E-state index in [1.807, 2.05) is 30.1 Å². The van der Waals surface area contributed by atoms with E-state index in [4.69, 9.17) is 0 Å². The molecule has 2 aromatic carbocycles. The maximum Gasteiger partial charge on any atom is 0.389 e. The van der Waals surface area contributed by atoms with Crippen LogP contribution < -0.4 is 10.2 Å². The number of nitrogens with one attached hydrogen (secondary N) is 1. The average Bonchev–Trinajstić information content (AvgIpc) is 2.86. The maximum atomic E-state index is 12.5. The van der Waals surface area contributed by atoms with Crippen molar-refractivity contribution in [1.29, 1.82) is 0 Å². The third-order valence-corrected chi connectivity index (χ3v) is 6.70. The van der Waals surface area contributed by atoms with Crippen LogP contribution in [0.15, 0.2) is 60.9 Å². The molecule has 4 rings (SSSR count). The SMILES string of the molecule is CN(c1ccc(CCC(F)(F)F)cc1)c1ccc2c(c1)CCN(C)[C@H]2CNc1cnccc1C(=O)O. The van der Waals surface area contributed by atoms with Crippen LogP contribution in [0.25, 0.3) is 0 Å². The molecule has 0 radical (unpaired) electrons. The fourth-order valence-electron chi connectivity index (χ4n) is 4.55. The summed E-state index contributed by atoms with van der Waals surface area (Å²) in [5, 5.41) is 12.7. The zero-order valence-corrected chi connectivity index (χ0v) is 20.2. The topological polar surface area (TPSA) is 68.7 Å². The monoisotopic (exact) mass is 498 g/mol. The molecule has 1 aromatic heterocycles. The summed E-state index contributed by atoms with van der Waals surface area (Å²) in [7, 11) is 3.99. The Kier molecular flexibility index (Phi) is 7.49. The summed E-state index contributed by atoms with van der Waals surface area (Å²) < 4.78 is 37.5. The van der Waals surface area contributed by atoms with Crippen LogP contribution in [0.4, 0.5) is 30.2 Å². The molecule has 2 heterocycles. The number of halogens is 3. The summed E-state index contributed by atoms with van der Waals surface area (Å²) in [5.74, 6) is -1.00. The number of aromatic carboxylic acids is 1. The van der Waals surface area contributed by atoms with E-state index in [0.717, 1.165) is 24.3 Å². The number of aromatic nitrogens is 1. The first-order valence-corrected chi connectivity index (χ1v) is 11.8. The molecule has 0 spiro atoms. The highest BCUT2D eigenvalue weighted by Crippen LogP contribution is 2.34. The number of likely N-dealkylation sites (N-methyl/N-ethyl adjacent to an activating group) is 1. The fraction of sp³-hybridized carbons (Fsp3) is 0.333. The van der Waals surface area contributed by atoms with E-state index in [9.17, 15) is 23.1 Å². The van der Waals surface area contributed by atoms with E-state index < -0.39 is 18.6 Å². The van der Waals surface area contributed by atoms with E-state index in [0.29, 0.717) is 17.8 Å². The number of fused-ring (bicyclic) bond motifs is 1. The number of benzene rings is 2. The quantitative estimate of drug-likeness (QED) is 0.416. The van der Waals surface area contributed by atoms with Crippen molar-refractivity contribution in [2.45, 2.75) is 31.5 Å². The third-order valence-electron chi connectivity index (χ3n) is 6.70. The van der Waals surface area contributed by atoms with E-state index in [-0.39, 0.29) is 18.0 Å². The molecule has 6 nitrogen and oxygen atoms in total. The van der Waals surface area contributed by atoms with Crippen LogP contribution in [0.5, 0.6) is 0 Å². The van der Waals surface area contributed by atoms with Gasteiger partial charge in [-0.15, -0.1) is 0 Å². The Bertz CT molecular complexity index is 1210. The second-order valence-corrected chi connectivity index (χ2v) is 9.08. The number of nitrogens with zero attached hydrogens (tertiary/aromatic N) is 3. The minimum atomic E-state index is -4.16. The van der Waals surface area contributed by atoms with Crippen molar-refractivity contribution in [1.82, 2.24) is 9.88 Å². The summed E-state index contributed by atoms with van der Waals surface area (Å²) in [4.78, 5) is 19.8. The van der Waals surface area contributed by atoms with Crippen molar-refractivity contribution in [2.75, 3.05) is 37.4 Å². The highest BCUT2D eigenvalue weighted by molar-refractivity contribution is 5.93. The molecule has 0 unspecified atom stereocenters. The van der Waals surface area contributed by atoms with E-state index >= 15 is 0 Å². The molecule has 0 fully saturated rings. The van der Waals surface area contributed by atoms with Gasteiger partial charge in [0.05, 0.1) is 23.5 Å². The molecule has 1 aliphatic heterocycles. The number of aryl methyl sites for hydroxylation is 1. The Morgan fingerprint density at radius 1 is 1.17 bits per heavy atom. The van der Waals surface area contributed by atoms with Gasteiger partial charge in [0.15, 0.2) is 0 Å². The van der Waals surface area contributed by atoms with Gasteiger partial charge in [0.1, 0.15) is 0 Å². The van der Waals surface area contributed by atoms with Gasteiger partial charge in [0, 0.05) is 44.1 Å². The van der Waals surface area contributed by atoms with Gasteiger partial charge >= 0.3 is 12.1 Å². The largest absolute Gasteiger partial charge is 0.478 e. The number of hydrogen-bond acceptors (Lipinski definition) is 5. The van der Waals surface area contributed by atoms with Crippen molar-refractivity contribution >= 4 is 23.0 Å². The Morgan fingerprint density at radius 3 is 2.58 bits per heavy atom. The molecule has 0 amide bonds. The first-order valence-electron chi connectivity index (χ1n) is 11.8. The second-order valence-electron chi connectivity index (χ2n) is 9.08. The van der Waals surface area contributed by atoms with Crippen LogP contribution in [0.1, 0.15) is 39.5 Å². The van der Waals surface area contributed by atoms with Crippen LogP contribution in [-0.2, 0) is 12.8 Å². The molecule has 0 bridgehead atoms. The van der Waals surface area contributed by atoms with Gasteiger partial charge < -0.3 is 15.3 Å². The lowest BCUT2D eigenvalue weighted by Gasteiger charge is -2.36. The van der Waals surface area contributed by atoms with Crippen molar-refractivity contribution in [3.8, 4) is 0 Å². The van der Waals surface area contributed by atoms with Crippen LogP contribution >= 0.6 is 0 Å². The fourth-order valence-corrected chi connectivity index (χ4v) is 4.55. The number of rotatable bonds is 8. The molecule has 9 heteroatoms. The molecular formula is C27H29F3N4O2. The second kappa shape index (κ2) is 10.6. The summed E-state index contributed by atoms with van der Waals surface area (Å²) >= 11 is 0. The number of hydrogen-bond donors (Lipinski definition) is 2. The third kappa shape index (κ3) is 5.96. The lowest BCUT2D eigenvalue weighted by Crippen LogP contribution is -2.36. The Hall–Kier alpha value is -3.59. The molecule has 1 aliphatic rings. The molecule has 2 N–H and O–H groups in total. The number of carboxylic acids is 1. The van der Waals surface area contributed by atoms with Crippen molar-refractivity contribution < 1.29 is 23.1 Å². The number of anilines is 3. The number of pyridine rings is 1. The predicted molar refractivity (Wildman–Crippen MR) is 134 cm³/mol. The first-order chi connectivity index (χ1) is 17.1. The van der Waals surface area contributed by atoms with Crippen LogP contribution in [0, 0.1) is 0 Å². The Morgan fingerprint density at radius 2 is 1.89 bits per heavy atom. The van der Waals surface area contributed by atoms with Gasteiger partial charge in [0.2, 0.25) is 0 Å². The molecule has 36 heavy (non-hydrogen) atoms. The minimum absolute atomic E-state index is 0.0255. The van der Waals surface area contributed by atoms with Gasteiger partial charge in [-0.2, -0.15) is 13.2 Å². The summed E-state index contributed by atoms with van der Waals surface area (Å²) in [6.07, 6.45) is -1.13. The molecule has 1 atom stereocenters. The molecule has 0 aliphatic carbocycles. The standard InChI is InChI=1S/C27H29F3N4O2/c1-33-14-11-19-15-21(34(2)20-5-3-18(4-6-20)9-12-27(28,29)30)7-8-22(19)25(33)17-32-24-16-31-13-10-23(24)26(35)36/h3-8,10,13,15-16,25,32H,9,11-12,14,17H2,1-2H3,(H,35,36)/t25-/m0/s1. The molecule has 0 saturated heterocycles. The smallest absolute Gasteiger partial charge is 0.389 e. The molecule has 3 aromatic rings. The molecule has 190 valence electrons. The van der Waals surface area contributed by atoms with Crippen molar-refractivity contribution in [3.63, 3.8) is 0 Å². The van der Waals surface area contributed by atoms with Crippen LogP contribution in [-0.4, -0.2) is 54.3 Å². The van der Waals surface area contributed by atoms with Gasteiger partial charge in [-0.3, -0.25) is 9.88 Å². The van der Waals surface area contributed by atoms with Crippen molar-refractivity contribution in [3.05, 3.63) is 83.2 Å².